The third-order valence-electron chi connectivity index (χ3n) is 4.14. The molecule has 1 aliphatic rings. The summed E-state index contributed by atoms with van der Waals surface area (Å²) in [6.45, 7) is 4.20. The summed E-state index contributed by atoms with van der Waals surface area (Å²) in [7, 11) is 0. The van der Waals surface area contributed by atoms with E-state index in [9.17, 15) is 8.78 Å². The first-order valence-electron chi connectivity index (χ1n) is 7.35. The zero-order valence-electron chi connectivity index (χ0n) is 11.6. The highest BCUT2D eigenvalue weighted by molar-refractivity contribution is 5.19. The van der Waals surface area contributed by atoms with Crippen molar-refractivity contribution in [2.45, 2.75) is 39.0 Å². The van der Waals surface area contributed by atoms with Crippen molar-refractivity contribution in [3.05, 3.63) is 35.4 Å². The first-order valence-corrected chi connectivity index (χ1v) is 7.35. The molecule has 1 nitrogen and oxygen atoms in total. The molecule has 1 aliphatic carbocycles. The molecule has 1 aromatic carbocycles. The second-order valence-electron chi connectivity index (χ2n) is 5.60. The number of nitrogens with one attached hydrogen (secondary N) is 1. The van der Waals surface area contributed by atoms with Gasteiger partial charge in [-0.2, -0.15) is 0 Å². The lowest BCUT2D eigenvalue weighted by molar-refractivity contribution is 0.361. The summed E-state index contributed by atoms with van der Waals surface area (Å²) in [4.78, 5) is 0. The number of benzene rings is 1. The lowest BCUT2D eigenvalue weighted by Gasteiger charge is -2.20. The van der Waals surface area contributed by atoms with Crippen LogP contribution in [0, 0.1) is 23.5 Å². The first kappa shape index (κ1) is 14.4. The molecule has 1 fully saturated rings. The minimum Gasteiger partial charge on any atom is -0.316 e. The molecule has 0 heterocycles. The molecule has 1 saturated carbocycles. The van der Waals surface area contributed by atoms with Crippen molar-refractivity contribution in [2.75, 3.05) is 13.1 Å². The normalized spacial score (nSPS) is 22.9. The molecule has 2 rings (SSSR count). The Labute approximate surface area is 114 Å². The van der Waals surface area contributed by atoms with Crippen molar-refractivity contribution in [1.29, 1.82) is 0 Å². The average Bonchev–Trinajstić information content (AvgIpc) is 2.82. The van der Waals surface area contributed by atoms with Crippen molar-refractivity contribution >= 4 is 0 Å². The van der Waals surface area contributed by atoms with Gasteiger partial charge >= 0.3 is 0 Å². The molecule has 0 spiro atoms. The van der Waals surface area contributed by atoms with Gasteiger partial charge < -0.3 is 5.32 Å². The molecule has 106 valence electrons. The van der Waals surface area contributed by atoms with Gasteiger partial charge in [-0.25, -0.2) is 8.78 Å². The van der Waals surface area contributed by atoms with Crippen molar-refractivity contribution in [3.63, 3.8) is 0 Å². The van der Waals surface area contributed by atoms with Crippen LogP contribution in [0.2, 0.25) is 0 Å². The van der Waals surface area contributed by atoms with Crippen LogP contribution >= 0.6 is 0 Å². The number of hydrogen-bond donors (Lipinski definition) is 1. The number of rotatable bonds is 6. The van der Waals surface area contributed by atoms with E-state index in [1.54, 1.807) is 0 Å². The van der Waals surface area contributed by atoms with Crippen molar-refractivity contribution in [2.24, 2.45) is 11.8 Å². The molecule has 0 saturated heterocycles. The summed E-state index contributed by atoms with van der Waals surface area (Å²) >= 11 is 0. The molecule has 2 unspecified atom stereocenters. The van der Waals surface area contributed by atoms with Gasteiger partial charge in [0.05, 0.1) is 0 Å². The van der Waals surface area contributed by atoms with Crippen LogP contribution in [0.15, 0.2) is 18.2 Å². The predicted octanol–water partition coefficient (Wildman–Crippen LogP) is 3.92. The van der Waals surface area contributed by atoms with Crippen molar-refractivity contribution in [1.82, 2.24) is 5.32 Å². The average molecular weight is 267 g/mol. The molecule has 19 heavy (non-hydrogen) atoms. The van der Waals surface area contributed by atoms with Crippen LogP contribution in [0.4, 0.5) is 8.78 Å². The maximum atomic E-state index is 13.7. The Balaban J connectivity index is 1.95. The topological polar surface area (TPSA) is 12.0 Å². The maximum Gasteiger partial charge on any atom is 0.126 e. The Morgan fingerprint density at radius 2 is 2.00 bits per heavy atom. The molecule has 0 radical (unpaired) electrons. The predicted molar refractivity (Wildman–Crippen MR) is 74.1 cm³/mol. The van der Waals surface area contributed by atoms with Crippen LogP contribution in [0.25, 0.3) is 0 Å². The van der Waals surface area contributed by atoms with Crippen molar-refractivity contribution in [3.8, 4) is 0 Å². The van der Waals surface area contributed by atoms with E-state index in [-0.39, 0.29) is 11.6 Å². The lowest BCUT2D eigenvalue weighted by atomic mass is 9.89. The van der Waals surface area contributed by atoms with Crippen LogP contribution in [0.1, 0.15) is 38.2 Å². The Morgan fingerprint density at radius 3 is 2.79 bits per heavy atom. The monoisotopic (exact) mass is 267 g/mol. The van der Waals surface area contributed by atoms with Gasteiger partial charge in [-0.15, -0.1) is 0 Å². The molecule has 0 bridgehead atoms. The van der Waals surface area contributed by atoms with E-state index in [2.05, 4.69) is 12.2 Å². The molecular weight excluding hydrogens is 244 g/mol. The first-order chi connectivity index (χ1) is 9.20. The summed E-state index contributed by atoms with van der Waals surface area (Å²) < 4.78 is 26.9. The van der Waals surface area contributed by atoms with E-state index in [1.165, 1.54) is 31.0 Å². The van der Waals surface area contributed by atoms with E-state index in [0.29, 0.717) is 23.8 Å². The van der Waals surface area contributed by atoms with Gasteiger partial charge in [0.15, 0.2) is 0 Å². The fourth-order valence-electron chi connectivity index (χ4n) is 3.10. The molecule has 3 heteroatoms. The minimum atomic E-state index is -0.338. The van der Waals surface area contributed by atoms with Gasteiger partial charge in [0.1, 0.15) is 11.6 Å². The van der Waals surface area contributed by atoms with Gasteiger partial charge in [-0.3, -0.25) is 0 Å². The summed E-state index contributed by atoms with van der Waals surface area (Å²) in [5.74, 6) is 0.485. The fourth-order valence-corrected chi connectivity index (χ4v) is 3.10. The molecule has 0 aromatic heterocycles. The quantitative estimate of drug-likeness (QED) is 0.770. The molecule has 1 aromatic rings. The van der Waals surface area contributed by atoms with Crippen LogP contribution in [-0.2, 0) is 6.42 Å². The zero-order valence-corrected chi connectivity index (χ0v) is 11.6. The van der Waals surface area contributed by atoms with E-state index >= 15 is 0 Å². The number of halogens is 2. The SMILES string of the molecule is CCCNCC1CCCC1Cc1cc(F)ccc1F. The van der Waals surface area contributed by atoms with Crippen LogP contribution in [0.5, 0.6) is 0 Å². The Kier molecular flexibility index (Phi) is 5.32. The smallest absolute Gasteiger partial charge is 0.126 e. The van der Waals surface area contributed by atoms with Gasteiger partial charge in [0.2, 0.25) is 0 Å². The maximum absolute atomic E-state index is 13.7. The van der Waals surface area contributed by atoms with Gasteiger partial charge in [-0.1, -0.05) is 13.3 Å². The molecule has 1 N–H and O–H groups in total. The summed E-state index contributed by atoms with van der Waals surface area (Å²) in [5.41, 5.74) is 0.535. The van der Waals surface area contributed by atoms with E-state index in [4.69, 9.17) is 0 Å². The van der Waals surface area contributed by atoms with E-state index in [1.807, 2.05) is 0 Å². The highest BCUT2D eigenvalue weighted by Crippen LogP contribution is 2.34. The van der Waals surface area contributed by atoms with Crippen LogP contribution in [0.3, 0.4) is 0 Å². The second kappa shape index (κ2) is 6.99. The molecular formula is C16H23F2N. The summed E-state index contributed by atoms with van der Waals surface area (Å²) in [5, 5.41) is 3.45. The van der Waals surface area contributed by atoms with Gasteiger partial charge in [0, 0.05) is 0 Å². The number of hydrogen-bond acceptors (Lipinski definition) is 1. The summed E-state index contributed by atoms with van der Waals surface area (Å²) in [6, 6.07) is 3.78. The second-order valence-corrected chi connectivity index (χ2v) is 5.60. The standard InChI is InChI=1S/C16H23F2N/c1-2-8-19-11-13-5-3-4-12(13)9-14-10-15(17)6-7-16(14)18/h6-7,10,12-13,19H,2-5,8-9,11H2,1H3. The van der Waals surface area contributed by atoms with E-state index in [0.717, 1.165) is 25.9 Å². The molecule has 0 aliphatic heterocycles. The van der Waals surface area contributed by atoms with Gasteiger partial charge in [-0.05, 0) is 74.4 Å². The van der Waals surface area contributed by atoms with Crippen molar-refractivity contribution < 1.29 is 8.78 Å². The zero-order chi connectivity index (χ0) is 13.7. The molecule has 2 atom stereocenters. The van der Waals surface area contributed by atoms with Crippen LogP contribution < -0.4 is 5.32 Å². The minimum absolute atomic E-state index is 0.270. The van der Waals surface area contributed by atoms with Crippen LogP contribution in [-0.4, -0.2) is 13.1 Å². The van der Waals surface area contributed by atoms with E-state index < -0.39 is 0 Å². The highest BCUT2D eigenvalue weighted by Gasteiger charge is 2.27. The lowest BCUT2D eigenvalue weighted by Crippen LogP contribution is -2.26. The largest absolute Gasteiger partial charge is 0.316 e. The third-order valence-corrected chi connectivity index (χ3v) is 4.14. The highest BCUT2D eigenvalue weighted by atomic mass is 19.1. The summed E-state index contributed by atoms with van der Waals surface area (Å²) in [6.07, 6.45) is 5.35. The van der Waals surface area contributed by atoms with Gasteiger partial charge in [0.25, 0.3) is 0 Å². The fraction of sp³-hybridized carbons (Fsp3) is 0.625. The Bertz CT molecular complexity index is 406. The third kappa shape index (κ3) is 4.00. The Morgan fingerprint density at radius 1 is 1.21 bits per heavy atom. The molecule has 0 amide bonds. The Hall–Kier alpha value is -0.960.